The van der Waals surface area contributed by atoms with Gasteiger partial charge in [0.2, 0.25) is 6.79 Å². The molecule has 0 atom stereocenters. The fourth-order valence-corrected chi connectivity index (χ4v) is 3.55. The molecule has 0 aliphatic carbocycles. The Bertz CT molecular complexity index is 1190. The Morgan fingerprint density at radius 3 is 2.55 bits per heavy atom. The standard InChI is InChI=1S/C24H21FN4O2/c25-20-9-5-4-8-19(20)15-29-27-21(24(28-29)18-6-2-1-3-7-18)14-26-13-17-10-11-22-23(12-17)31-16-30-22/h1-12,26H,13-16H2. The predicted octanol–water partition coefficient (Wildman–Crippen LogP) is 4.15. The molecule has 1 N–H and O–H groups in total. The van der Waals surface area contributed by atoms with E-state index in [4.69, 9.17) is 9.47 Å². The number of ether oxygens (including phenoxy) is 2. The molecule has 3 aromatic carbocycles. The number of fused-ring (bicyclic) bond motifs is 1. The van der Waals surface area contributed by atoms with Gasteiger partial charge >= 0.3 is 0 Å². The van der Waals surface area contributed by atoms with Crippen molar-refractivity contribution in [3.05, 3.63) is 95.4 Å². The summed E-state index contributed by atoms with van der Waals surface area (Å²) in [6.45, 7) is 1.70. The van der Waals surface area contributed by atoms with E-state index in [1.165, 1.54) is 6.07 Å². The zero-order chi connectivity index (χ0) is 21.0. The molecule has 31 heavy (non-hydrogen) atoms. The van der Waals surface area contributed by atoms with Gasteiger partial charge in [-0.2, -0.15) is 15.0 Å². The monoisotopic (exact) mass is 416 g/mol. The smallest absolute Gasteiger partial charge is 0.231 e. The Labute approximate surface area is 179 Å². The molecule has 0 radical (unpaired) electrons. The lowest BCUT2D eigenvalue weighted by Gasteiger charge is -2.06. The van der Waals surface area contributed by atoms with Gasteiger partial charge < -0.3 is 14.8 Å². The Hall–Kier alpha value is -3.71. The molecular weight excluding hydrogens is 395 g/mol. The maximum absolute atomic E-state index is 14.1. The van der Waals surface area contributed by atoms with Gasteiger partial charge in [-0.3, -0.25) is 0 Å². The van der Waals surface area contributed by atoms with E-state index in [0.717, 1.165) is 34.0 Å². The van der Waals surface area contributed by atoms with Crippen LogP contribution in [-0.2, 0) is 19.6 Å². The summed E-state index contributed by atoms with van der Waals surface area (Å²) in [6, 6.07) is 22.5. The van der Waals surface area contributed by atoms with E-state index in [1.807, 2.05) is 54.6 Å². The molecule has 156 valence electrons. The highest BCUT2D eigenvalue weighted by molar-refractivity contribution is 5.60. The first-order chi connectivity index (χ1) is 15.3. The van der Waals surface area contributed by atoms with Gasteiger partial charge in [-0.05, 0) is 23.8 Å². The van der Waals surface area contributed by atoms with Gasteiger partial charge in [0, 0.05) is 24.2 Å². The number of benzene rings is 3. The number of hydrogen-bond acceptors (Lipinski definition) is 5. The third-order valence-corrected chi connectivity index (χ3v) is 5.10. The molecule has 5 rings (SSSR count). The summed E-state index contributed by atoms with van der Waals surface area (Å²) in [5.74, 6) is 1.27. The van der Waals surface area contributed by atoms with Crippen molar-refractivity contribution >= 4 is 0 Å². The topological polar surface area (TPSA) is 61.2 Å². The average Bonchev–Trinajstić information content (AvgIpc) is 3.42. The van der Waals surface area contributed by atoms with Crippen LogP contribution in [0.4, 0.5) is 4.39 Å². The number of nitrogens with zero attached hydrogens (tertiary/aromatic N) is 3. The number of rotatable bonds is 7. The lowest BCUT2D eigenvalue weighted by molar-refractivity contribution is 0.174. The molecule has 0 saturated heterocycles. The summed E-state index contributed by atoms with van der Waals surface area (Å²) in [4.78, 5) is 1.55. The SMILES string of the molecule is Fc1ccccc1Cn1nc(CNCc2ccc3c(c2)OCO3)c(-c2ccccc2)n1. The second kappa shape index (κ2) is 8.57. The van der Waals surface area contributed by atoms with Crippen molar-refractivity contribution in [2.75, 3.05) is 6.79 Å². The maximum atomic E-state index is 14.1. The lowest BCUT2D eigenvalue weighted by Crippen LogP contribution is -2.14. The van der Waals surface area contributed by atoms with Gasteiger partial charge in [0.05, 0.1) is 6.54 Å². The third kappa shape index (κ3) is 4.27. The van der Waals surface area contributed by atoms with Gasteiger partial charge in [0.1, 0.15) is 17.2 Å². The van der Waals surface area contributed by atoms with E-state index in [9.17, 15) is 4.39 Å². The molecule has 0 spiro atoms. The van der Waals surface area contributed by atoms with Crippen LogP contribution in [-0.4, -0.2) is 21.8 Å². The highest BCUT2D eigenvalue weighted by atomic mass is 19.1. The van der Waals surface area contributed by atoms with Crippen molar-refractivity contribution in [1.29, 1.82) is 0 Å². The molecule has 2 heterocycles. The zero-order valence-electron chi connectivity index (χ0n) is 16.8. The molecule has 7 heteroatoms. The van der Waals surface area contributed by atoms with Crippen molar-refractivity contribution in [3.8, 4) is 22.8 Å². The van der Waals surface area contributed by atoms with Gasteiger partial charge in [-0.25, -0.2) is 4.39 Å². The predicted molar refractivity (Wildman–Crippen MR) is 114 cm³/mol. The molecule has 0 amide bonds. The molecule has 0 unspecified atom stereocenters. The van der Waals surface area contributed by atoms with Crippen LogP contribution in [0.5, 0.6) is 11.5 Å². The first-order valence-corrected chi connectivity index (χ1v) is 10.1. The van der Waals surface area contributed by atoms with Crippen molar-refractivity contribution < 1.29 is 13.9 Å². The average molecular weight is 416 g/mol. The molecule has 1 aromatic heterocycles. The maximum Gasteiger partial charge on any atom is 0.231 e. The number of halogens is 1. The minimum absolute atomic E-state index is 0.261. The van der Waals surface area contributed by atoms with Crippen molar-refractivity contribution in [3.63, 3.8) is 0 Å². The van der Waals surface area contributed by atoms with Crippen LogP contribution in [0.3, 0.4) is 0 Å². The molecule has 4 aromatic rings. The van der Waals surface area contributed by atoms with Gasteiger partial charge in [-0.1, -0.05) is 54.6 Å². The van der Waals surface area contributed by atoms with Gasteiger partial charge in [0.25, 0.3) is 0 Å². The first kappa shape index (κ1) is 19.3. The fourth-order valence-electron chi connectivity index (χ4n) is 3.55. The second-order valence-electron chi connectivity index (χ2n) is 7.27. The Morgan fingerprint density at radius 1 is 0.871 bits per heavy atom. The van der Waals surface area contributed by atoms with Crippen LogP contribution in [0.1, 0.15) is 16.8 Å². The van der Waals surface area contributed by atoms with Gasteiger partial charge in [0.15, 0.2) is 11.5 Å². The van der Waals surface area contributed by atoms with E-state index >= 15 is 0 Å². The van der Waals surface area contributed by atoms with Gasteiger partial charge in [-0.15, -0.1) is 0 Å². The molecular formula is C24H21FN4O2. The van der Waals surface area contributed by atoms with E-state index in [1.54, 1.807) is 16.9 Å². The Balaban J connectivity index is 1.35. The first-order valence-electron chi connectivity index (χ1n) is 10.1. The summed E-state index contributed by atoms with van der Waals surface area (Å²) in [5.41, 5.74) is 4.21. The number of hydrogen-bond donors (Lipinski definition) is 1. The third-order valence-electron chi connectivity index (χ3n) is 5.10. The largest absolute Gasteiger partial charge is 0.454 e. The van der Waals surface area contributed by atoms with E-state index in [0.29, 0.717) is 18.7 Å². The van der Waals surface area contributed by atoms with E-state index in [-0.39, 0.29) is 19.2 Å². The summed E-state index contributed by atoms with van der Waals surface area (Å²) in [7, 11) is 0. The lowest BCUT2D eigenvalue weighted by atomic mass is 10.1. The Morgan fingerprint density at radius 2 is 1.68 bits per heavy atom. The molecule has 0 saturated carbocycles. The van der Waals surface area contributed by atoms with Crippen molar-refractivity contribution in [2.24, 2.45) is 0 Å². The van der Waals surface area contributed by atoms with Crippen molar-refractivity contribution in [1.82, 2.24) is 20.3 Å². The minimum atomic E-state index is -0.261. The minimum Gasteiger partial charge on any atom is -0.454 e. The zero-order valence-corrected chi connectivity index (χ0v) is 16.8. The molecule has 1 aliphatic rings. The van der Waals surface area contributed by atoms with Crippen LogP contribution in [0.15, 0.2) is 72.8 Å². The molecule has 1 aliphatic heterocycles. The summed E-state index contributed by atoms with van der Waals surface area (Å²) in [5, 5.41) is 12.7. The highest BCUT2D eigenvalue weighted by Crippen LogP contribution is 2.32. The summed E-state index contributed by atoms with van der Waals surface area (Å²) in [6.07, 6.45) is 0. The van der Waals surface area contributed by atoms with Crippen LogP contribution in [0.2, 0.25) is 0 Å². The van der Waals surface area contributed by atoms with Crippen LogP contribution in [0, 0.1) is 5.82 Å². The van der Waals surface area contributed by atoms with Crippen LogP contribution >= 0.6 is 0 Å². The van der Waals surface area contributed by atoms with E-state index in [2.05, 4.69) is 15.5 Å². The number of aromatic nitrogens is 3. The summed E-state index contributed by atoms with van der Waals surface area (Å²) < 4.78 is 24.9. The second-order valence-corrected chi connectivity index (χ2v) is 7.27. The highest BCUT2D eigenvalue weighted by Gasteiger charge is 2.15. The normalized spacial score (nSPS) is 12.3. The van der Waals surface area contributed by atoms with Crippen LogP contribution < -0.4 is 14.8 Å². The van der Waals surface area contributed by atoms with Crippen LogP contribution in [0.25, 0.3) is 11.3 Å². The van der Waals surface area contributed by atoms with Crippen molar-refractivity contribution in [2.45, 2.75) is 19.6 Å². The number of nitrogens with one attached hydrogen (secondary N) is 1. The van der Waals surface area contributed by atoms with E-state index < -0.39 is 0 Å². The Kier molecular flexibility index (Phi) is 5.33. The fraction of sp³-hybridized carbons (Fsp3) is 0.167. The molecule has 0 bridgehead atoms. The molecule has 6 nitrogen and oxygen atoms in total. The molecule has 0 fully saturated rings. The quantitative estimate of drug-likeness (QED) is 0.490. The summed E-state index contributed by atoms with van der Waals surface area (Å²) >= 11 is 0.